The Morgan fingerprint density at radius 3 is 2.30 bits per heavy atom. The molecule has 0 bridgehead atoms. The lowest BCUT2D eigenvalue weighted by Gasteiger charge is -2.25. The monoisotopic (exact) mass is 430 g/mol. The maximum atomic E-state index is 12.2. The molecule has 30 heavy (non-hydrogen) atoms. The average Bonchev–Trinajstić information content (AvgIpc) is 2.74. The predicted octanol–water partition coefficient (Wildman–Crippen LogP) is 3.16. The zero-order valence-electron chi connectivity index (χ0n) is 17.7. The number of thiocarbonyl (C=S) groups is 1. The van der Waals surface area contributed by atoms with Crippen molar-refractivity contribution in [2.24, 2.45) is 0 Å². The highest BCUT2D eigenvalue weighted by atomic mass is 32.1. The van der Waals surface area contributed by atoms with Gasteiger partial charge in [-0.25, -0.2) is 14.6 Å². The summed E-state index contributed by atoms with van der Waals surface area (Å²) >= 11 is 5.57. The van der Waals surface area contributed by atoms with Crippen molar-refractivity contribution in [1.29, 1.82) is 0 Å². The number of esters is 2. The minimum atomic E-state index is -0.800. The Bertz CT molecular complexity index is 909. The van der Waals surface area contributed by atoms with Crippen molar-refractivity contribution in [2.75, 3.05) is 20.8 Å². The van der Waals surface area contributed by atoms with E-state index in [0.717, 1.165) is 5.56 Å². The molecular formula is C22H26N2O5S. The minimum absolute atomic E-state index is 0.0741. The highest BCUT2D eigenvalue weighted by Gasteiger charge is 2.25. The van der Waals surface area contributed by atoms with Gasteiger partial charge in [-0.1, -0.05) is 42.5 Å². The molecule has 1 atom stereocenters. The molecule has 0 unspecified atom stereocenters. The van der Waals surface area contributed by atoms with Crippen LogP contribution in [0, 0.1) is 0 Å². The fourth-order valence-electron chi connectivity index (χ4n) is 2.56. The smallest absolute Gasteiger partial charge is 0.356 e. The highest BCUT2D eigenvalue weighted by Crippen LogP contribution is 2.23. The molecule has 1 heterocycles. The molecule has 2 rings (SSSR count). The lowest BCUT2D eigenvalue weighted by molar-refractivity contribution is -0.145. The van der Waals surface area contributed by atoms with Crippen LogP contribution in [0.1, 0.15) is 36.8 Å². The van der Waals surface area contributed by atoms with Crippen LogP contribution in [-0.2, 0) is 19.0 Å². The van der Waals surface area contributed by atoms with E-state index < -0.39 is 23.6 Å². The van der Waals surface area contributed by atoms with Crippen LogP contribution in [-0.4, -0.2) is 54.4 Å². The van der Waals surface area contributed by atoms with Gasteiger partial charge in [-0.2, -0.15) is 0 Å². The van der Waals surface area contributed by atoms with Gasteiger partial charge in [0.25, 0.3) is 0 Å². The van der Waals surface area contributed by atoms with Gasteiger partial charge in [0.05, 0.1) is 32.1 Å². The van der Waals surface area contributed by atoms with Gasteiger partial charge in [0.15, 0.2) is 0 Å². The van der Waals surface area contributed by atoms with E-state index in [-0.39, 0.29) is 17.3 Å². The second-order valence-corrected chi connectivity index (χ2v) is 7.83. The van der Waals surface area contributed by atoms with Crippen molar-refractivity contribution in [3.8, 4) is 11.3 Å². The Morgan fingerprint density at radius 1 is 1.07 bits per heavy atom. The van der Waals surface area contributed by atoms with Gasteiger partial charge >= 0.3 is 11.9 Å². The van der Waals surface area contributed by atoms with Gasteiger partial charge in [0.1, 0.15) is 16.7 Å². The van der Waals surface area contributed by atoms with E-state index in [2.05, 4.69) is 10.3 Å². The molecule has 0 aliphatic rings. The predicted molar refractivity (Wildman–Crippen MR) is 117 cm³/mol. The molecule has 7 nitrogen and oxygen atoms in total. The molecule has 1 aromatic carbocycles. The van der Waals surface area contributed by atoms with Crippen LogP contribution in [0.3, 0.4) is 0 Å². The van der Waals surface area contributed by atoms with Crippen molar-refractivity contribution < 1.29 is 23.8 Å². The van der Waals surface area contributed by atoms with Crippen molar-refractivity contribution >= 4 is 29.1 Å². The standard InChI is InChI=1S/C22H26N2O5S/c1-22(2,3)29-13-17(21(26)28-5)24-19(30)15-11-12-16(20(25)27-4)23-18(15)14-9-7-6-8-10-14/h6-12,17H,13H2,1-5H3,(H,24,30)/t17-/m0/s1. The van der Waals surface area contributed by atoms with Crippen molar-refractivity contribution in [2.45, 2.75) is 32.4 Å². The summed E-state index contributed by atoms with van der Waals surface area (Å²) in [5.74, 6) is -1.05. The molecule has 0 spiro atoms. The van der Waals surface area contributed by atoms with Crippen molar-refractivity contribution in [3.63, 3.8) is 0 Å². The van der Waals surface area contributed by atoms with E-state index >= 15 is 0 Å². The Kier molecular flexibility index (Phi) is 8.02. The molecule has 0 aliphatic carbocycles. The lowest BCUT2D eigenvalue weighted by atomic mass is 10.0. The van der Waals surface area contributed by atoms with E-state index in [1.54, 1.807) is 6.07 Å². The van der Waals surface area contributed by atoms with Gasteiger partial charge in [0, 0.05) is 11.1 Å². The number of pyridine rings is 1. The molecule has 0 saturated heterocycles. The summed E-state index contributed by atoms with van der Waals surface area (Å²) < 4.78 is 15.4. The summed E-state index contributed by atoms with van der Waals surface area (Å²) in [6, 6.07) is 11.7. The Labute approximate surface area is 181 Å². The summed E-state index contributed by atoms with van der Waals surface area (Å²) in [7, 11) is 2.60. The Morgan fingerprint density at radius 2 is 1.73 bits per heavy atom. The third-order valence-corrected chi connectivity index (χ3v) is 4.39. The first-order valence-electron chi connectivity index (χ1n) is 9.33. The molecule has 0 fully saturated rings. The van der Waals surface area contributed by atoms with Crippen LogP contribution in [0.15, 0.2) is 42.5 Å². The molecule has 0 aliphatic heterocycles. The highest BCUT2D eigenvalue weighted by molar-refractivity contribution is 7.80. The second kappa shape index (κ2) is 10.3. The Hall–Kier alpha value is -2.84. The second-order valence-electron chi connectivity index (χ2n) is 7.42. The van der Waals surface area contributed by atoms with E-state index in [9.17, 15) is 9.59 Å². The van der Waals surface area contributed by atoms with Crippen molar-refractivity contribution in [1.82, 2.24) is 10.3 Å². The third kappa shape index (κ3) is 6.33. The number of nitrogens with zero attached hydrogens (tertiary/aromatic N) is 1. The number of benzene rings is 1. The molecular weight excluding hydrogens is 404 g/mol. The summed E-state index contributed by atoms with van der Waals surface area (Å²) in [6.07, 6.45) is 0. The van der Waals surface area contributed by atoms with Gasteiger partial charge in [-0.05, 0) is 32.9 Å². The molecule has 160 valence electrons. The molecule has 0 radical (unpaired) electrons. The number of rotatable bonds is 7. The average molecular weight is 431 g/mol. The quantitative estimate of drug-likeness (QED) is 0.530. The number of aromatic nitrogens is 1. The lowest BCUT2D eigenvalue weighted by Crippen LogP contribution is -2.46. The number of hydrogen-bond donors (Lipinski definition) is 1. The van der Waals surface area contributed by atoms with Crippen LogP contribution in [0.5, 0.6) is 0 Å². The first-order valence-corrected chi connectivity index (χ1v) is 9.74. The van der Waals surface area contributed by atoms with Crippen LogP contribution in [0.25, 0.3) is 11.3 Å². The summed E-state index contributed by atoms with van der Waals surface area (Å²) in [6.45, 7) is 5.75. The van der Waals surface area contributed by atoms with Crippen LogP contribution >= 0.6 is 12.2 Å². The molecule has 0 saturated carbocycles. The number of carbonyl (C=O) groups is 2. The maximum absolute atomic E-state index is 12.2. The number of nitrogens with one attached hydrogen (secondary N) is 1. The number of ether oxygens (including phenoxy) is 3. The van der Waals surface area contributed by atoms with Crippen LogP contribution < -0.4 is 5.32 Å². The van der Waals surface area contributed by atoms with E-state index in [0.29, 0.717) is 11.3 Å². The van der Waals surface area contributed by atoms with Crippen LogP contribution in [0.4, 0.5) is 0 Å². The molecule has 8 heteroatoms. The zero-order valence-corrected chi connectivity index (χ0v) is 18.5. The van der Waals surface area contributed by atoms with Crippen LogP contribution in [0.2, 0.25) is 0 Å². The van der Waals surface area contributed by atoms with E-state index in [1.807, 2.05) is 51.1 Å². The fraction of sp³-hybridized carbons (Fsp3) is 0.364. The third-order valence-electron chi connectivity index (χ3n) is 4.06. The van der Waals surface area contributed by atoms with Gasteiger partial charge in [0.2, 0.25) is 0 Å². The van der Waals surface area contributed by atoms with Gasteiger partial charge in [-0.15, -0.1) is 0 Å². The van der Waals surface area contributed by atoms with Crippen molar-refractivity contribution in [3.05, 3.63) is 53.7 Å². The molecule has 2 aromatic rings. The molecule has 1 N–H and O–H groups in total. The topological polar surface area (TPSA) is 86.8 Å². The summed E-state index contributed by atoms with van der Waals surface area (Å²) in [4.78, 5) is 28.9. The zero-order chi connectivity index (χ0) is 22.3. The minimum Gasteiger partial charge on any atom is -0.467 e. The number of methoxy groups -OCH3 is 2. The van der Waals surface area contributed by atoms with E-state index in [4.69, 9.17) is 26.4 Å². The maximum Gasteiger partial charge on any atom is 0.356 e. The fourth-order valence-corrected chi connectivity index (χ4v) is 2.86. The Balaban J connectivity index is 2.39. The first-order chi connectivity index (χ1) is 14.2. The first kappa shape index (κ1) is 23.4. The SMILES string of the molecule is COC(=O)c1ccc(C(=S)N[C@@H](COC(C)(C)C)C(=O)OC)c(-c2ccccc2)n1. The number of carbonyl (C=O) groups excluding carboxylic acids is 2. The molecule has 0 amide bonds. The molecule has 1 aromatic heterocycles. The summed E-state index contributed by atoms with van der Waals surface area (Å²) in [5, 5.41) is 3.01. The largest absolute Gasteiger partial charge is 0.467 e. The number of hydrogen-bond acceptors (Lipinski definition) is 7. The van der Waals surface area contributed by atoms with Gasteiger partial charge < -0.3 is 19.5 Å². The summed E-state index contributed by atoms with van der Waals surface area (Å²) in [5.41, 5.74) is 1.55. The van der Waals surface area contributed by atoms with E-state index in [1.165, 1.54) is 20.3 Å². The van der Waals surface area contributed by atoms with Gasteiger partial charge in [-0.3, -0.25) is 0 Å². The normalized spacial score (nSPS) is 12.0.